The molecular formula is C15H21N3O. The average Bonchev–Trinajstić information content (AvgIpc) is 2.86. The highest BCUT2D eigenvalue weighted by atomic mass is 16.5. The highest BCUT2D eigenvalue weighted by Crippen LogP contribution is 2.26. The molecule has 102 valence electrons. The van der Waals surface area contributed by atoms with E-state index < -0.39 is 0 Å². The van der Waals surface area contributed by atoms with Crippen LogP contribution in [0.25, 0.3) is 0 Å². The number of benzene rings is 1. The molecule has 0 aliphatic carbocycles. The quantitative estimate of drug-likeness (QED) is 0.865. The van der Waals surface area contributed by atoms with Crippen LogP contribution in [0.5, 0.6) is 5.75 Å². The molecule has 4 nitrogen and oxygen atoms in total. The van der Waals surface area contributed by atoms with Gasteiger partial charge in [-0.3, -0.25) is 4.68 Å². The van der Waals surface area contributed by atoms with Crippen molar-refractivity contribution in [3.05, 3.63) is 41.7 Å². The summed E-state index contributed by atoms with van der Waals surface area (Å²) in [6.45, 7) is 8.47. The Morgan fingerprint density at radius 2 is 2.16 bits per heavy atom. The van der Waals surface area contributed by atoms with Crippen molar-refractivity contribution in [3.63, 3.8) is 0 Å². The fourth-order valence-corrected chi connectivity index (χ4v) is 1.92. The molecule has 4 heteroatoms. The Balaban J connectivity index is 2.05. The second-order valence-corrected chi connectivity index (χ2v) is 4.49. The van der Waals surface area contributed by atoms with Crippen LogP contribution >= 0.6 is 0 Å². The van der Waals surface area contributed by atoms with E-state index in [0.717, 1.165) is 24.5 Å². The van der Waals surface area contributed by atoms with Gasteiger partial charge in [0.25, 0.3) is 0 Å². The summed E-state index contributed by atoms with van der Waals surface area (Å²) >= 11 is 0. The summed E-state index contributed by atoms with van der Waals surface area (Å²) in [5, 5.41) is 7.67. The number of hydrogen-bond donors (Lipinski definition) is 1. The Morgan fingerprint density at radius 1 is 1.32 bits per heavy atom. The molecule has 0 atom stereocenters. The van der Waals surface area contributed by atoms with Gasteiger partial charge in [-0.2, -0.15) is 5.10 Å². The van der Waals surface area contributed by atoms with Crippen molar-refractivity contribution >= 4 is 5.69 Å². The fourth-order valence-electron chi connectivity index (χ4n) is 1.92. The monoisotopic (exact) mass is 259 g/mol. The zero-order valence-electron chi connectivity index (χ0n) is 11.8. The van der Waals surface area contributed by atoms with Gasteiger partial charge in [-0.25, -0.2) is 0 Å². The van der Waals surface area contributed by atoms with Crippen LogP contribution in [0, 0.1) is 6.92 Å². The zero-order valence-corrected chi connectivity index (χ0v) is 11.8. The van der Waals surface area contributed by atoms with Crippen LogP contribution in [0.4, 0.5) is 5.69 Å². The van der Waals surface area contributed by atoms with Crippen LogP contribution in [0.3, 0.4) is 0 Å². The van der Waals surface area contributed by atoms with Crippen molar-refractivity contribution in [2.75, 3.05) is 11.9 Å². The lowest BCUT2D eigenvalue weighted by atomic mass is 10.2. The van der Waals surface area contributed by atoms with E-state index in [0.29, 0.717) is 6.61 Å². The minimum Gasteiger partial charge on any atom is -0.492 e. The summed E-state index contributed by atoms with van der Waals surface area (Å²) < 4.78 is 7.58. The number of hydrogen-bond acceptors (Lipinski definition) is 3. The second kappa shape index (κ2) is 6.27. The van der Waals surface area contributed by atoms with Crippen molar-refractivity contribution in [3.8, 4) is 5.75 Å². The number of nitrogens with one attached hydrogen (secondary N) is 1. The number of nitrogens with zero attached hydrogens (tertiary/aromatic N) is 2. The van der Waals surface area contributed by atoms with Gasteiger partial charge in [0, 0.05) is 24.8 Å². The third-order valence-electron chi connectivity index (χ3n) is 2.93. The maximum Gasteiger partial charge on any atom is 0.142 e. The number of aromatic nitrogens is 2. The number of anilines is 1. The first-order valence-electron chi connectivity index (χ1n) is 6.71. The minimum atomic E-state index is 0.673. The predicted octanol–water partition coefficient (Wildman–Crippen LogP) is 3.22. The smallest absolute Gasteiger partial charge is 0.142 e. The molecule has 0 spiro atoms. The summed E-state index contributed by atoms with van der Waals surface area (Å²) in [6.07, 6.45) is 3.95. The highest BCUT2D eigenvalue weighted by Gasteiger charge is 2.04. The van der Waals surface area contributed by atoms with Crippen LogP contribution in [0.15, 0.2) is 30.6 Å². The van der Waals surface area contributed by atoms with Gasteiger partial charge in [0.2, 0.25) is 0 Å². The molecule has 1 N–H and O–H groups in total. The molecular weight excluding hydrogens is 238 g/mol. The summed E-state index contributed by atoms with van der Waals surface area (Å²) in [6, 6.07) is 6.20. The summed E-state index contributed by atoms with van der Waals surface area (Å²) in [5.41, 5.74) is 3.40. The number of aryl methyl sites for hydroxylation is 2. The van der Waals surface area contributed by atoms with Crippen molar-refractivity contribution < 1.29 is 4.74 Å². The standard InChI is InChI=1S/C15H21N3O/c1-4-18-11-13(10-17-18)9-16-14-7-6-12(3)8-15(14)19-5-2/h6-8,10-11,16H,4-5,9H2,1-3H3. The van der Waals surface area contributed by atoms with E-state index in [2.05, 4.69) is 48.7 Å². The molecule has 1 aromatic heterocycles. The van der Waals surface area contributed by atoms with Gasteiger partial charge in [-0.05, 0) is 38.5 Å². The molecule has 0 radical (unpaired) electrons. The van der Waals surface area contributed by atoms with E-state index in [9.17, 15) is 0 Å². The van der Waals surface area contributed by atoms with Crippen LogP contribution in [-0.2, 0) is 13.1 Å². The van der Waals surface area contributed by atoms with E-state index in [1.54, 1.807) is 0 Å². The first-order valence-corrected chi connectivity index (χ1v) is 6.71. The Hall–Kier alpha value is -1.97. The van der Waals surface area contributed by atoms with E-state index in [1.807, 2.05) is 17.8 Å². The molecule has 0 aliphatic rings. The van der Waals surface area contributed by atoms with Crippen molar-refractivity contribution in [1.29, 1.82) is 0 Å². The van der Waals surface area contributed by atoms with E-state index >= 15 is 0 Å². The lowest BCUT2D eigenvalue weighted by Gasteiger charge is -2.12. The van der Waals surface area contributed by atoms with Gasteiger partial charge in [0.15, 0.2) is 0 Å². The van der Waals surface area contributed by atoms with Gasteiger partial charge in [0.05, 0.1) is 18.5 Å². The Kier molecular flexibility index (Phi) is 4.44. The first kappa shape index (κ1) is 13.5. The van der Waals surface area contributed by atoms with E-state index in [4.69, 9.17) is 4.74 Å². The SMILES string of the molecule is CCOc1cc(C)ccc1NCc1cnn(CC)c1. The predicted molar refractivity (Wildman–Crippen MR) is 77.6 cm³/mol. The first-order chi connectivity index (χ1) is 9.22. The molecule has 0 bridgehead atoms. The molecule has 1 heterocycles. The second-order valence-electron chi connectivity index (χ2n) is 4.49. The Morgan fingerprint density at radius 3 is 2.84 bits per heavy atom. The lowest BCUT2D eigenvalue weighted by Crippen LogP contribution is -2.02. The van der Waals surface area contributed by atoms with Gasteiger partial charge < -0.3 is 10.1 Å². The Bertz CT molecular complexity index is 534. The van der Waals surface area contributed by atoms with Crippen LogP contribution < -0.4 is 10.1 Å². The van der Waals surface area contributed by atoms with E-state index in [-0.39, 0.29) is 0 Å². The molecule has 19 heavy (non-hydrogen) atoms. The average molecular weight is 259 g/mol. The topological polar surface area (TPSA) is 39.1 Å². The molecule has 2 rings (SSSR count). The molecule has 0 fully saturated rings. The molecule has 0 amide bonds. The molecule has 0 saturated carbocycles. The van der Waals surface area contributed by atoms with Crippen LogP contribution in [0.2, 0.25) is 0 Å². The molecule has 0 unspecified atom stereocenters. The van der Waals surface area contributed by atoms with Gasteiger partial charge in [0.1, 0.15) is 5.75 Å². The van der Waals surface area contributed by atoms with Crippen molar-refractivity contribution in [2.45, 2.75) is 33.9 Å². The molecule has 0 saturated heterocycles. The van der Waals surface area contributed by atoms with Crippen molar-refractivity contribution in [1.82, 2.24) is 9.78 Å². The maximum absolute atomic E-state index is 5.65. The maximum atomic E-state index is 5.65. The Labute approximate surface area is 114 Å². The van der Waals surface area contributed by atoms with Crippen LogP contribution in [0.1, 0.15) is 25.0 Å². The molecule has 1 aromatic carbocycles. The lowest BCUT2D eigenvalue weighted by molar-refractivity contribution is 0.341. The molecule has 2 aromatic rings. The van der Waals surface area contributed by atoms with Crippen molar-refractivity contribution in [2.24, 2.45) is 0 Å². The molecule has 0 aliphatic heterocycles. The van der Waals surface area contributed by atoms with Gasteiger partial charge in [-0.15, -0.1) is 0 Å². The fraction of sp³-hybridized carbons (Fsp3) is 0.400. The summed E-state index contributed by atoms with van der Waals surface area (Å²) in [4.78, 5) is 0. The van der Waals surface area contributed by atoms with Gasteiger partial charge in [-0.1, -0.05) is 6.07 Å². The minimum absolute atomic E-state index is 0.673. The summed E-state index contributed by atoms with van der Waals surface area (Å²) in [7, 11) is 0. The van der Waals surface area contributed by atoms with Gasteiger partial charge >= 0.3 is 0 Å². The number of rotatable bonds is 6. The number of ether oxygens (including phenoxy) is 1. The third kappa shape index (κ3) is 3.50. The van der Waals surface area contributed by atoms with Crippen LogP contribution in [-0.4, -0.2) is 16.4 Å². The largest absolute Gasteiger partial charge is 0.492 e. The third-order valence-corrected chi connectivity index (χ3v) is 2.93. The highest BCUT2D eigenvalue weighted by molar-refractivity contribution is 5.57. The summed E-state index contributed by atoms with van der Waals surface area (Å²) in [5.74, 6) is 0.908. The normalized spacial score (nSPS) is 10.5. The zero-order chi connectivity index (χ0) is 13.7. The van der Waals surface area contributed by atoms with E-state index in [1.165, 1.54) is 11.1 Å².